The highest BCUT2D eigenvalue weighted by molar-refractivity contribution is 7.09. The molecule has 0 atom stereocenters. The van der Waals surface area contributed by atoms with Crippen LogP contribution < -0.4 is 0 Å². The normalized spacial score (nSPS) is 23.9. The average molecular weight is 307 g/mol. The first-order valence-corrected chi connectivity index (χ1v) is 8.79. The highest BCUT2D eigenvalue weighted by Crippen LogP contribution is 2.33. The number of likely N-dealkylation sites (tertiary alicyclic amines) is 1. The first-order chi connectivity index (χ1) is 10.2. The van der Waals surface area contributed by atoms with Gasteiger partial charge in [0.05, 0.1) is 0 Å². The van der Waals surface area contributed by atoms with Gasteiger partial charge in [-0.2, -0.15) is 0 Å². The summed E-state index contributed by atoms with van der Waals surface area (Å²) in [5.74, 6) is 0.356. The summed E-state index contributed by atoms with van der Waals surface area (Å²) in [7, 11) is 2.12. The number of carbonyl (C=O) groups excluding carboxylic acids is 1. The Kier molecular flexibility index (Phi) is 4.33. The van der Waals surface area contributed by atoms with E-state index in [-0.39, 0.29) is 5.54 Å². The summed E-state index contributed by atoms with van der Waals surface area (Å²) in [5.41, 5.74) is -0.236. The number of piperidine rings is 1. The van der Waals surface area contributed by atoms with Gasteiger partial charge < -0.3 is 4.90 Å². The third-order valence-corrected chi connectivity index (χ3v) is 6.01. The van der Waals surface area contributed by atoms with Crippen molar-refractivity contribution in [2.24, 2.45) is 0 Å². The average Bonchev–Trinajstić information content (AvgIpc) is 3.00. The number of hydrogen-bond donors (Lipinski definition) is 0. The van der Waals surface area contributed by atoms with Gasteiger partial charge in [-0.05, 0) is 38.3 Å². The van der Waals surface area contributed by atoms with Crippen LogP contribution in [-0.4, -0.2) is 65.9 Å². The zero-order chi connectivity index (χ0) is 14.9. The number of nitrogens with zero attached hydrogens (tertiary/aromatic N) is 3. The molecule has 1 spiro atoms. The molecule has 0 aromatic carbocycles. The number of thiophene rings is 1. The van der Waals surface area contributed by atoms with Gasteiger partial charge in [-0.15, -0.1) is 11.3 Å². The van der Waals surface area contributed by atoms with Crippen LogP contribution in [0.3, 0.4) is 0 Å². The number of piperazine rings is 1. The fourth-order valence-electron chi connectivity index (χ4n) is 3.65. The van der Waals surface area contributed by atoms with Crippen LogP contribution in [0.2, 0.25) is 0 Å². The van der Waals surface area contributed by atoms with Crippen molar-refractivity contribution in [2.45, 2.75) is 31.8 Å². The standard InChI is InChI=1S/C16H25N3OS/c1-3-19-11-10-17(2)16(15(19)20)6-8-18(9-7-16)13-14-5-4-12-21-14/h4-5,12H,3,6-11,13H2,1-2H3. The Morgan fingerprint density at radius 2 is 2.00 bits per heavy atom. The minimum Gasteiger partial charge on any atom is -0.340 e. The molecule has 2 saturated heterocycles. The van der Waals surface area contributed by atoms with Gasteiger partial charge >= 0.3 is 0 Å². The van der Waals surface area contributed by atoms with Crippen LogP contribution in [0.25, 0.3) is 0 Å². The van der Waals surface area contributed by atoms with Crippen molar-refractivity contribution in [3.8, 4) is 0 Å². The van der Waals surface area contributed by atoms with E-state index in [1.54, 1.807) is 0 Å². The highest BCUT2D eigenvalue weighted by Gasteiger charge is 2.48. The molecule has 5 heteroatoms. The predicted molar refractivity (Wildman–Crippen MR) is 86.4 cm³/mol. The summed E-state index contributed by atoms with van der Waals surface area (Å²) >= 11 is 1.82. The van der Waals surface area contributed by atoms with E-state index in [0.29, 0.717) is 5.91 Å². The molecule has 21 heavy (non-hydrogen) atoms. The minimum absolute atomic E-state index is 0.236. The topological polar surface area (TPSA) is 26.8 Å². The van der Waals surface area contributed by atoms with Crippen LogP contribution in [0.15, 0.2) is 17.5 Å². The molecule has 116 valence electrons. The molecule has 0 N–H and O–H groups in total. The van der Waals surface area contributed by atoms with Crippen molar-refractivity contribution in [1.29, 1.82) is 0 Å². The molecule has 2 aliphatic rings. The van der Waals surface area contributed by atoms with Crippen molar-refractivity contribution < 1.29 is 4.79 Å². The Morgan fingerprint density at radius 3 is 2.62 bits per heavy atom. The quantitative estimate of drug-likeness (QED) is 0.853. The summed E-state index contributed by atoms with van der Waals surface area (Å²) in [4.78, 5) is 21.1. The van der Waals surface area contributed by atoms with Crippen molar-refractivity contribution in [3.63, 3.8) is 0 Å². The Bertz CT molecular complexity index is 480. The zero-order valence-corrected chi connectivity index (χ0v) is 13.9. The smallest absolute Gasteiger partial charge is 0.243 e. The maximum atomic E-state index is 12.8. The molecule has 2 aliphatic heterocycles. The van der Waals surface area contributed by atoms with Crippen LogP contribution in [0.1, 0.15) is 24.6 Å². The molecular weight excluding hydrogens is 282 g/mol. The number of rotatable bonds is 3. The molecule has 0 unspecified atom stereocenters. The second-order valence-electron chi connectivity index (χ2n) is 6.19. The molecule has 2 fully saturated rings. The van der Waals surface area contributed by atoms with Crippen LogP contribution >= 0.6 is 11.3 Å². The third-order valence-electron chi connectivity index (χ3n) is 5.15. The number of amides is 1. The van der Waals surface area contributed by atoms with Gasteiger partial charge in [0.25, 0.3) is 0 Å². The van der Waals surface area contributed by atoms with Crippen LogP contribution in [-0.2, 0) is 11.3 Å². The number of likely N-dealkylation sites (N-methyl/N-ethyl adjacent to an activating group) is 2. The molecule has 0 saturated carbocycles. The molecule has 1 aromatic heterocycles. The summed E-state index contributed by atoms with van der Waals surface area (Å²) in [6.45, 7) is 7.88. The lowest BCUT2D eigenvalue weighted by atomic mass is 9.82. The van der Waals surface area contributed by atoms with Crippen molar-refractivity contribution in [1.82, 2.24) is 14.7 Å². The van der Waals surface area contributed by atoms with E-state index >= 15 is 0 Å². The van der Waals surface area contributed by atoms with Gasteiger partial charge in [0.1, 0.15) is 5.54 Å². The summed E-state index contributed by atoms with van der Waals surface area (Å²) in [5, 5.41) is 2.14. The molecule has 1 aromatic rings. The van der Waals surface area contributed by atoms with Gasteiger partial charge in [-0.25, -0.2) is 0 Å². The van der Waals surface area contributed by atoms with E-state index in [1.165, 1.54) is 4.88 Å². The monoisotopic (exact) mass is 307 g/mol. The summed E-state index contributed by atoms with van der Waals surface area (Å²) < 4.78 is 0. The molecule has 3 rings (SSSR count). The molecule has 3 heterocycles. The molecule has 0 aliphatic carbocycles. The van der Waals surface area contributed by atoms with E-state index in [1.807, 2.05) is 16.2 Å². The SMILES string of the molecule is CCN1CCN(C)C2(CCN(Cc3cccs3)CC2)C1=O. The van der Waals surface area contributed by atoms with E-state index in [9.17, 15) is 4.79 Å². The minimum atomic E-state index is -0.236. The molecule has 4 nitrogen and oxygen atoms in total. The van der Waals surface area contributed by atoms with E-state index in [2.05, 4.69) is 41.3 Å². The lowest BCUT2D eigenvalue weighted by Gasteiger charge is -2.51. The van der Waals surface area contributed by atoms with E-state index < -0.39 is 0 Å². The fraction of sp³-hybridized carbons (Fsp3) is 0.688. The number of hydrogen-bond acceptors (Lipinski definition) is 4. The van der Waals surface area contributed by atoms with Gasteiger partial charge in [0, 0.05) is 44.1 Å². The molecular formula is C16H25N3OS. The fourth-order valence-corrected chi connectivity index (χ4v) is 4.39. The largest absolute Gasteiger partial charge is 0.340 e. The Morgan fingerprint density at radius 1 is 1.24 bits per heavy atom. The van der Waals surface area contributed by atoms with E-state index in [4.69, 9.17) is 0 Å². The van der Waals surface area contributed by atoms with E-state index in [0.717, 1.165) is 52.1 Å². The molecule has 0 bridgehead atoms. The van der Waals surface area contributed by atoms with Gasteiger partial charge in [0.2, 0.25) is 5.91 Å². The summed E-state index contributed by atoms with van der Waals surface area (Å²) in [6.07, 6.45) is 1.93. The predicted octanol–water partition coefficient (Wildman–Crippen LogP) is 1.88. The van der Waals surface area contributed by atoms with Gasteiger partial charge in [0.15, 0.2) is 0 Å². The Hall–Kier alpha value is -0.910. The van der Waals surface area contributed by atoms with Crippen molar-refractivity contribution in [2.75, 3.05) is 39.8 Å². The van der Waals surface area contributed by atoms with Crippen LogP contribution in [0, 0.1) is 0 Å². The molecule has 0 radical (unpaired) electrons. The Labute approximate surface area is 131 Å². The Balaban J connectivity index is 1.66. The van der Waals surface area contributed by atoms with Crippen molar-refractivity contribution >= 4 is 17.2 Å². The third kappa shape index (κ3) is 2.74. The lowest BCUT2D eigenvalue weighted by Crippen LogP contribution is -2.67. The summed E-state index contributed by atoms with van der Waals surface area (Å²) in [6, 6.07) is 4.31. The second-order valence-corrected chi connectivity index (χ2v) is 7.23. The van der Waals surface area contributed by atoms with Crippen LogP contribution in [0.4, 0.5) is 0 Å². The van der Waals surface area contributed by atoms with Crippen molar-refractivity contribution in [3.05, 3.63) is 22.4 Å². The maximum absolute atomic E-state index is 12.8. The van der Waals surface area contributed by atoms with Gasteiger partial charge in [-0.3, -0.25) is 14.6 Å². The maximum Gasteiger partial charge on any atom is 0.243 e. The lowest BCUT2D eigenvalue weighted by molar-refractivity contribution is -0.154. The second kappa shape index (κ2) is 6.07. The van der Waals surface area contributed by atoms with Crippen LogP contribution in [0.5, 0.6) is 0 Å². The molecule has 1 amide bonds. The number of carbonyl (C=O) groups is 1. The highest BCUT2D eigenvalue weighted by atomic mass is 32.1. The zero-order valence-electron chi connectivity index (χ0n) is 13.0. The first-order valence-electron chi connectivity index (χ1n) is 7.91. The van der Waals surface area contributed by atoms with Gasteiger partial charge in [-0.1, -0.05) is 6.07 Å². The first kappa shape index (κ1) is 15.0.